The van der Waals surface area contributed by atoms with Crippen molar-refractivity contribution >= 4 is 39.7 Å². The van der Waals surface area contributed by atoms with Crippen molar-refractivity contribution in [3.05, 3.63) is 52.8 Å². The number of carbonyl (C=O) groups is 1. The van der Waals surface area contributed by atoms with Crippen LogP contribution in [0.3, 0.4) is 0 Å². The quantitative estimate of drug-likeness (QED) is 0.384. The zero-order chi connectivity index (χ0) is 21.1. The lowest BCUT2D eigenvalue weighted by atomic mass is 10.2. The lowest BCUT2D eigenvalue weighted by Gasteiger charge is -2.14. The Bertz CT molecular complexity index is 1040. The zero-order valence-corrected chi connectivity index (χ0v) is 19.1. The number of thioether (sulfide) groups is 1. The number of carbonyl (C=O) groups excluding carboxylic acids is 1. The maximum atomic E-state index is 12.9. The van der Waals surface area contributed by atoms with Crippen LogP contribution >= 0.6 is 23.1 Å². The molecule has 1 aliphatic heterocycles. The molecule has 1 N–H and O–H groups in total. The molecule has 3 heterocycles. The Hall–Kier alpha value is -2.16. The maximum absolute atomic E-state index is 12.9. The number of ketones is 1. The molecule has 1 aromatic carbocycles. The van der Waals surface area contributed by atoms with Gasteiger partial charge in [0.05, 0.1) is 11.9 Å². The molecule has 2 aromatic heterocycles. The van der Waals surface area contributed by atoms with Crippen LogP contribution in [0.2, 0.25) is 0 Å². The highest BCUT2D eigenvalue weighted by molar-refractivity contribution is 8.01. The smallest absolute Gasteiger partial charge is 0.210 e. The minimum Gasteiger partial charge on any atom is -0.376 e. The molecule has 8 heteroatoms. The number of nitrogens with zero attached hydrogens (tertiary/aromatic N) is 3. The molecular formula is C22H26N4O2S2. The average molecular weight is 443 g/mol. The first kappa shape index (κ1) is 21.1. The summed E-state index contributed by atoms with van der Waals surface area (Å²) in [5.41, 5.74) is 5.09. The predicted molar refractivity (Wildman–Crippen MR) is 122 cm³/mol. The van der Waals surface area contributed by atoms with Gasteiger partial charge in [-0.15, -0.1) is 10.2 Å². The van der Waals surface area contributed by atoms with Crippen molar-refractivity contribution < 1.29 is 9.53 Å². The average Bonchev–Trinajstić information content (AvgIpc) is 3.44. The molecule has 1 fully saturated rings. The van der Waals surface area contributed by atoms with E-state index in [1.54, 1.807) is 0 Å². The van der Waals surface area contributed by atoms with Gasteiger partial charge in [0, 0.05) is 35.8 Å². The second kappa shape index (κ2) is 9.32. The first-order valence-corrected chi connectivity index (χ1v) is 11.9. The number of nitrogens with one attached hydrogen (secondary N) is 1. The van der Waals surface area contributed by atoms with Gasteiger partial charge >= 0.3 is 0 Å². The molecule has 4 rings (SSSR count). The molecule has 0 radical (unpaired) electrons. The van der Waals surface area contributed by atoms with Crippen LogP contribution in [0, 0.1) is 20.8 Å². The number of aryl methyl sites for hydroxylation is 2. The summed E-state index contributed by atoms with van der Waals surface area (Å²) in [5.74, 6) is 0.471. The van der Waals surface area contributed by atoms with E-state index in [4.69, 9.17) is 4.74 Å². The van der Waals surface area contributed by atoms with E-state index in [0.717, 1.165) is 58.1 Å². The Morgan fingerprint density at radius 1 is 1.30 bits per heavy atom. The van der Waals surface area contributed by atoms with E-state index in [1.165, 1.54) is 28.7 Å². The zero-order valence-electron chi connectivity index (χ0n) is 17.5. The maximum Gasteiger partial charge on any atom is 0.210 e. The van der Waals surface area contributed by atoms with Gasteiger partial charge < -0.3 is 14.6 Å². The molecule has 0 amide bonds. The van der Waals surface area contributed by atoms with Crippen LogP contribution in [0.25, 0.3) is 0 Å². The van der Waals surface area contributed by atoms with E-state index in [-0.39, 0.29) is 11.9 Å². The van der Waals surface area contributed by atoms with Gasteiger partial charge in [-0.3, -0.25) is 4.79 Å². The summed E-state index contributed by atoms with van der Waals surface area (Å²) in [7, 11) is 0. The van der Waals surface area contributed by atoms with E-state index >= 15 is 0 Å². The second-order valence-electron chi connectivity index (χ2n) is 7.61. The van der Waals surface area contributed by atoms with Crippen LogP contribution in [-0.2, 0) is 11.3 Å². The van der Waals surface area contributed by atoms with Gasteiger partial charge in [0.2, 0.25) is 5.13 Å². The summed E-state index contributed by atoms with van der Waals surface area (Å²) in [5, 5.41) is 12.4. The van der Waals surface area contributed by atoms with Crippen LogP contribution in [0.1, 0.15) is 40.2 Å². The summed E-state index contributed by atoms with van der Waals surface area (Å²) in [6.45, 7) is 7.79. The highest BCUT2D eigenvalue weighted by atomic mass is 32.2. The Morgan fingerprint density at radius 2 is 2.17 bits per heavy atom. The molecular weight excluding hydrogens is 416 g/mol. The monoisotopic (exact) mass is 442 g/mol. The standard InChI is InChI=1S/C22H26N4O2S2/c1-14-6-4-7-17(10-14)23-21-24-25-22(30-21)29-13-20(27)19-11-15(2)26(16(19)3)12-18-8-5-9-28-18/h4,6-7,10-11,18H,5,8-9,12-13H2,1-3H3,(H,23,24). The van der Waals surface area contributed by atoms with Crippen molar-refractivity contribution in [2.24, 2.45) is 0 Å². The molecule has 0 spiro atoms. The summed E-state index contributed by atoms with van der Waals surface area (Å²) in [6, 6.07) is 10.1. The Kier molecular flexibility index (Phi) is 6.55. The highest BCUT2D eigenvalue weighted by Gasteiger charge is 2.21. The molecule has 158 valence electrons. The van der Waals surface area contributed by atoms with E-state index in [9.17, 15) is 4.79 Å². The fourth-order valence-electron chi connectivity index (χ4n) is 3.73. The van der Waals surface area contributed by atoms with E-state index < -0.39 is 0 Å². The lowest BCUT2D eigenvalue weighted by molar-refractivity contribution is 0.0957. The summed E-state index contributed by atoms with van der Waals surface area (Å²) >= 11 is 2.90. The molecule has 1 aliphatic rings. The first-order chi connectivity index (χ1) is 14.5. The van der Waals surface area contributed by atoms with Crippen molar-refractivity contribution in [2.45, 2.75) is 50.6 Å². The summed E-state index contributed by atoms with van der Waals surface area (Å²) in [4.78, 5) is 12.9. The van der Waals surface area contributed by atoms with Crippen molar-refractivity contribution in [3.8, 4) is 0 Å². The number of anilines is 2. The number of benzene rings is 1. The Labute approximate surface area is 185 Å². The SMILES string of the molecule is Cc1cccc(Nc2nnc(SCC(=O)c3cc(C)n(CC4CCCO4)c3C)s2)c1. The van der Waals surface area contributed by atoms with Crippen LogP contribution in [0.4, 0.5) is 10.8 Å². The molecule has 30 heavy (non-hydrogen) atoms. The number of Topliss-reactive ketones (excluding diaryl/α,β-unsaturated/α-hetero) is 1. The van der Waals surface area contributed by atoms with Crippen LogP contribution in [-0.4, -0.2) is 39.0 Å². The van der Waals surface area contributed by atoms with Gasteiger partial charge in [-0.25, -0.2) is 0 Å². The van der Waals surface area contributed by atoms with E-state index in [2.05, 4.69) is 46.1 Å². The second-order valence-corrected chi connectivity index (χ2v) is 9.81. The molecule has 1 unspecified atom stereocenters. The fraction of sp³-hybridized carbons (Fsp3) is 0.409. The number of ether oxygens (including phenoxy) is 1. The Morgan fingerprint density at radius 3 is 2.93 bits per heavy atom. The predicted octanol–water partition coefficient (Wildman–Crippen LogP) is 5.16. The molecule has 1 atom stereocenters. The van der Waals surface area contributed by atoms with Crippen molar-refractivity contribution in [1.82, 2.24) is 14.8 Å². The summed E-state index contributed by atoms with van der Waals surface area (Å²) in [6.07, 6.45) is 2.47. The number of hydrogen-bond donors (Lipinski definition) is 1. The highest BCUT2D eigenvalue weighted by Crippen LogP contribution is 2.29. The van der Waals surface area contributed by atoms with E-state index in [0.29, 0.717) is 5.75 Å². The van der Waals surface area contributed by atoms with Crippen LogP contribution in [0.15, 0.2) is 34.7 Å². The van der Waals surface area contributed by atoms with Gasteiger partial charge in [-0.2, -0.15) is 0 Å². The number of hydrogen-bond acceptors (Lipinski definition) is 7. The van der Waals surface area contributed by atoms with Crippen molar-refractivity contribution in [3.63, 3.8) is 0 Å². The minimum atomic E-state index is 0.120. The van der Waals surface area contributed by atoms with Crippen LogP contribution in [0.5, 0.6) is 0 Å². The van der Waals surface area contributed by atoms with Gasteiger partial charge in [0.1, 0.15) is 0 Å². The first-order valence-electron chi connectivity index (χ1n) is 10.1. The third kappa shape index (κ3) is 4.94. The van der Waals surface area contributed by atoms with E-state index in [1.807, 2.05) is 25.1 Å². The number of rotatable bonds is 8. The Balaban J connectivity index is 1.36. The molecule has 0 bridgehead atoms. The fourth-order valence-corrected chi connectivity index (χ4v) is 5.38. The largest absolute Gasteiger partial charge is 0.376 e. The van der Waals surface area contributed by atoms with Gasteiger partial charge in [-0.1, -0.05) is 35.2 Å². The third-order valence-electron chi connectivity index (χ3n) is 5.29. The molecule has 6 nitrogen and oxygen atoms in total. The lowest BCUT2D eigenvalue weighted by Crippen LogP contribution is -2.17. The third-order valence-corrected chi connectivity index (χ3v) is 7.26. The van der Waals surface area contributed by atoms with Crippen LogP contribution < -0.4 is 5.32 Å². The molecule has 3 aromatic rings. The molecule has 0 saturated carbocycles. The minimum absolute atomic E-state index is 0.120. The number of aromatic nitrogens is 3. The topological polar surface area (TPSA) is 69.0 Å². The molecule has 0 aliphatic carbocycles. The normalized spacial score (nSPS) is 16.2. The molecule has 1 saturated heterocycles. The van der Waals surface area contributed by atoms with Gasteiger partial charge in [-0.05, 0) is 57.4 Å². The van der Waals surface area contributed by atoms with Gasteiger partial charge in [0.15, 0.2) is 10.1 Å². The van der Waals surface area contributed by atoms with Gasteiger partial charge in [0.25, 0.3) is 0 Å². The summed E-state index contributed by atoms with van der Waals surface area (Å²) < 4.78 is 8.76. The van der Waals surface area contributed by atoms with Crippen molar-refractivity contribution in [1.29, 1.82) is 0 Å². The van der Waals surface area contributed by atoms with Crippen molar-refractivity contribution in [2.75, 3.05) is 17.7 Å².